The number of carbonyl (C=O) groups excluding carboxylic acids is 4. The first-order valence-electron chi connectivity index (χ1n) is 34.1. The summed E-state index contributed by atoms with van der Waals surface area (Å²) in [6, 6.07) is 6.12. The van der Waals surface area contributed by atoms with Crippen LogP contribution in [0, 0.1) is 0 Å². The van der Waals surface area contributed by atoms with Crippen LogP contribution in [0.3, 0.4) is 0 Å². The van der Waals surface area contributed by atoms with Crippen LogP contribution in [0.15, 0.2) is 94.8 Å². The van der Waals surface area contributed by atoms with Gasteiger partial charge in [-0.1, -0.05) is 205 Å². The van der Waals surface area contributed by atoms with Crippen molar-refractivity contribution in [2.45, 2.75) is 294 Å². The van der Waals surface area contributed by atoms with E-state index in [0.29, 0.717) is 25.7 Å². The maximum absolute atomic E-state index is 12.8. The van der Waals surface area contributed by atoms with Gasteiger partial charge in [-0.3, -0.25) is 0 Å². The van der Waals surface area contributed by atoms with E-state index in [-0.39, 0.29) is 86.4 Å². The third-order valence-corrected chi connectivity index (χ3v) is 16.7. The molecular formula is C72H114CaO14S2. The van der Waals surface area contributed by atoms with Gasteiger partial charge >= 0.3 is 61.6 Å². The molecule has 0 unspecified atom stereocenters. The number of allylic oxidation sites excluding steroid dienone is 8. The molecule has 2 aromatic rings. The topological polar surface area (TPSA) is 220 Å². The van der Waals surface area contributed by atoms with E-state index in [0.717, 1.165) is 113 Å². The second-order valence-electron chi connectivity index (χ2n) is 23.0. The molecule has 2 rings (SSSR count). The van der Waals surface area contributed by atoms with E-state index in [1.165, 1.54) is 154 Å². The van der Waals surface area contributed by atoms with Gasteiger partial charge in [0.25, 0.3) is 0 Å². The molecular weight excluding hydrogens is 1190 g/mol. The van der Waals surface area contributed by atoms with E-state index in [4.69, 9.17) is 18.9 Å². The number of unbranched alkanes of at least 4 members (excludes halogenated alkanes) is 32. The van der Waals surface area contributed by atoms with Gasteiger partial charge in [0.15, 0.2) is 0 Å². The molecule has 0 aliphatic carbocycles. The maximum Gasteiger partial charge on any atom is 2.00 e. The minimum atomic E-state index is -4.82. The van der Waals surface area contributed by atoms with Crippen molar-refractivity contribution in [3.8, 4) is 0 Å². The largest absolute Gasteiger partial charge is 2.00 e. The molecule has 500 valence electrons. The van der Waals surface area contributed by atoms with Gasteiger partial charge < -0.3 is 28.1 Å². The summed E-state index contributed by atoms with van der Waals surface area (Å²) in [5.74, 6) is -3.20. The van der Waals surface area contributed by atoms with Gasteiger partial charge in [-0.2, -0.15) is 0 Å². The Morgan fingerprint density at radius 1 is 0.303 bits per heavy atom. The Labute approximate surface area is 569 Å². The van der Waals surface area contributed by atoms with Crippen molar-refractivity contribution < 1.29 is 64.1 Å². The molecule has 0 aromatic heterocycles. The third-order valence-electron chi connectivity index (χ3n) is 15.0. The molecule has 0 heterocycles. The molecule has 17 heteroatoms. The molecule has 0 N–H and O–H groups in total. The van der Waals surface area contributed by atoms with Crippen molar-refractivity contribution in [2.75, 3.05) is 26.4 Å². The van der Waals surface area contributed by atoms with E-state index in [9.17, 15) is 45.1 Å². The summed E-state index contributed by atoms with van der Waals surface area (Å²) < 4.78 is 90.6. The monoisotopic (exact) mass is 1310 g/mol. The number of hydrogen-bond acceptors (Lipinski definition) is 14. The molecule has 0 saturated carbocycles. The molecule has 0 fully saturated rings. The van der Waals surface area contributed by atoms with Crippen molar-refractivity contribution in [1.82, 2.24) is 0 Å². The first-order chi connectivity index (χ1) is 42.6. The summed E-state index contributed by atoms with van der Waals surface area (Å²) >= 11 is 0. The Kier molecular flexibility index (Phi) is 55.8. The van der Waals surface area contributed by atoms with Gasteiger partial charge in [-0.05, 0) is 165 Å². The second-order valence-corrected chi connectivity index (χ2v) is 25.7. The van der Waals surface area contributed by atoms with Crippen molar-refractivity contribution in [1.29, 1.82) is 0 Å². The second kappa shape index (κ2) is 58.2. The Morgan fingerprint density at radius 2 is 0.494 bits per heavy atom. The quantitative estimate of drug-likeness (QED) is 0.0150. The average molecular weight is 1310 g/mol. The van der Waals surface area contributed by atoms with E-state index in [1.807, 2.05) is 0 Å². The van der Waals surface area contributed by atoms with E-state index in [1.54, 1.807) is 0 Å². The molecule has 0 saturated heterocycles. The molecule has 14 nitrogen and oxygen atoms in total. The predicted molar refractivity (Wildman–Crippen MR) is 360 cm³/mol. The zero-order valence-corrected chi connectivity index (χ0v) is 59.3. The zero-order chi connectivity index (χ0) is 64.6. The Morgan fingerprint density at radius 3 is 0.708 bits per heavy atom. The maximum atomic E-state index is 12.8. The predicted octanol–water partition coefficient (Wildman–Crippen LogP) is 19.3. The number of carbonyl (C=O) groups is 4. The summed E-state index contributed by atoms with van der Waals surface area (Å²) in [5.41, 5.74) is -0.774. The summed E-state index contributed by atoms with van der Waals surface area (Å²) in [6.45, 7) is 9.47. The number of esters is 4. The van der Waals surface area contributed by atoms with Crippen LogP contribution in [-0.2, 0) is 39.2 Å². The van der Waals surface area contributed by atoms with Crippen molar-refractivity contribution in [3.05, 3.63) is 107 Å². The SMILES string of the molecule is CCCCCCCC/C=C/CCCCOC(=O)c1ccc(S(=O)(=O)[O-])cc1C(=O)OCCCC/C=C/CCCCCCCC.CCCCCCCC/C=C/CCCCOC(=O)c1ccc(S(=O)(=O)[O-])cc1C(=O)OCCCC/C=C/CCCCCCCC.[Ca+2]. The molecule has 0 amide bonds. The van der Waals surface area contributed by atoms with Gasteiger partial charge in [-0.15, -0.1) is 0 Å². The standard InChI is InChI=1S/2C36H58O7S.Ca/c2*1-3-5-7-9-11-13-15-17-19-21-23-25-29-42-35(37)33-28-27-32(44(39,40)41)31-34(33)36(38)43-30-26-24-22-20-18-16-14-12-10-8-6-4-2;/h2*17-20,27-28,31H,3-16,21-26,29-30H2,1-2H3,(H,39,40,41);/q;;+2/p-2/b2*19-17+,20-18+;. The zero-order valence-electron chi connectivity index (χ0n) is 55.4. The Hall–Kier alpha value is -3.64. The third kappa shape index (κ3) is 47.0. The number of ether oxygens (including phenoxy) is 4. The minimum absolute atomic E-state index is 0. The van der Waals surface area contributed by atoms with Gasteiger partial charge in [0, 0.05) is 0 Å². The molecule has 0 aliphatic rings. The van der Waals surface area contributed by atoms with E-state index < -0.39 is 53.9 Å². The molecule has 0 aliphatic heterocycles. The van der Waals surface area contributed by atoms with Gasteiger partial charge in [-0.25, -0.2) is 36.0 Å². The number of rotatable bonds is 54. The fourth-order valence-electron chi connectivity index (χ4n) is 9.59. The first kappa shape index (κ1) is 85.4. The van der Waals surface area contributed by atoms with Crippen LogP contribution in [0.25, 0.3) is 0 Å². The van der Waals surface area contributed by atoms with Crippen LogP contribution in [-0.4, -0.2) is 114 Å². The fraction of sp³-hybridized carbons (Fsp3) is 0.667. The molecule has 0 bridgehead atoms. The first-order valence-corrected chi connectivity index (χ1v) is 36.9. The van der Waals surface area contributed by atoms with Crippen LogP contribution in [0.1, 0.15) is 326 Å². The summed E-state index contributed by atoms with van der Waals surface area (Å²) in [5, 5.41) is 0. The molecule has 0 atom stereocenters. The molecule has 0 spiro atoms. The van der Waals surface area contributed by atoms with Crippen LogP contribution in [0.5, 0.6) is 0 Å². The summed E-state index contributed by atoms with van der Waals surface area (Å²) in [4.78, 5) is 49.9. The van der Waals surface area contributed by atoms with Gasteiger partial charge in [0.1, 0.15) is 20.2 Å². The van der Waals surface area contributed by atoms with E-state index in [2.05, 4.69) is 76.3 Å². The smallest absolute Gasteiger partial charge is 0.744 e. The van der Waals surface area contributed by atoms with Crippen LogP contribution >= 0.6 is 0 Å². The normalized spacial score (nSPS) is 11.8. The average Bonchev–Trinajstić information content (AvgIpc) is 3.12. The van der Waals surface area contributed by atoms with Crippen molar-refractivity contribution in [2.24, 2.45) is 0 Å². The van der Waals surface area contributed by atoms with Crippen LogP contribution < -0.4 is 0 Å². The summed E-state index contributed by atoms with van der Waals surface area (Å²) in [6.07, 6.45) is 62.0. The Bertz CT molecular complexity index is 2330. The van der Waals surface area contributed by atoms with Crippen molar-refractivity contribution in [3.63, 3.8) is 0 Å². The molecule has 89 heavy (non-hydrogen) atoms. The molecule has 0 radical (unpaired) electrons. The van der Waals surface area contributed by atoms with Gasteiger partial charge in [0.05, 0.1) is 58.5 Å². The van der Waals surface area contributed by atoms with Crippen LogP contribution in [0.4, 0.5) is 0 Å². The number of hydrogen-bond donors (Lipinski definition) is 0. The Balaban J connectivity index is 0.00000172. The minimum Gasteiger partial charge on any atom is -0.744 e. The molecule has 2 aromatic carbocycles. The van der Waals surface area contributed by atoms with E-state index >= 15 is 0 Å². The van der Waals surface area contributed by atoms with Crippen LogP contribution in [0.2, 0.25) is 0 Å². The number of benzene rings is 2. The van der Waals surface area contributed by atoms with Crippen molar-refractivity contribution >= 4 is 81.9 Å². The fourth-order valence-corrected chi connectivity index (χ4v) is 10.6. The summed E-state index contributed by atoms with van der Waals surface area (Å²) in [7, 11) is -9.63. The van der Waals surface area contributed by atoms with Gasteiger partial charge in [0.2, 0.25) is 0 Å².